The van der Waals surface area contributed by atoms with Crippen molar-refractivity contribution < 1.29 is 0 Å². The zero-order valence-corrected chi connectivity index (χ0v) is 30.0. The maximum absolute atomic E-state index is 5.14. The summed E-state index contributed by atoms with van der Waals surface area (Å²) in [6.07, 6.45) is 0.914. The van der Waals surface area contributed by atoms with Gasteiger partial charge in [0.1, 0.15) is 0 Å². The molecular weight excluding hydrogens is 675 g/mol. The lowest BCUT2D eigenvalue weighted by Gasteiger charge is -2.13. The first-order chi connectivity index (χ1) is 26.7. The Morgan fingerprint density at radius 1 is 0.333 bits per heavy atom. The summed E-state index contributed by atoms with van der Waals surface area (Å²) in [6, 6.07) is 63.0. The van der Waals surface area contributed by atoms with E-state index in [0.717, 1.165) is 28.7 Å². The van der Waals surface area contributed by atoms with Crippen LogP contribution in [-0.4, -0.2) is 15.0 Å². The van der Waals surface area contributed by atoms with Crippen LogP contribution in [0.15, 0.2) is 176 Å². The quantitative estimate of drug-likeness (QED) is 0.179. The number of aromatic nitrogens is 3. The van der Waals surface area contributed by atoms with Gasteiger partial charge in [-0.1, -0.05) is 146 Å². The Kier molecular flexibility index (Phi) is 7.10. The Bertz CT molecular complexity index is 3090. The van der Waals surface area contributed by atoms with Crippen LogP contribution in [0.25, 0.3) is 98.5 Å². The molecule has 1 aliphatic rings. The van der Waals surface area contributed by atoms with E-state index in [0.29, 0.717) is 17.5 Å². The van der Waals surface area contributed by atoms with E-state index in [9.17, 15) is 0 Å². The van der Waals surface area contributed by atoms with Gasteiger partial charge in [-0.3, -0.25) is 0 Å². The number of benzene rings is 8. The molecule has 54 heavy (non-hydrogen) atoms. The van der Waals surface area contributed by atoms with E-state index >= 15 is 0 Å². The third-order valence-corrected chi connectivity index (χ3v) is 11.8. The molecule has 0 fully saturated rings. The van der Waals surface area contributed by atoms with Gasteiger partial charge in [0.25, 0.3) is 0 Å². The van der Waals surface area contributed by atoms with E-state index in [2.05, 4.69) is 158 Å². The molecule has 0 saturated carbocycles. The molecule has 4 heteroatoms. The molecule has 10 aromatic rings. The largest absolute Gasteiger partial charge is 0.208 e. The first-order valence-corrected chi connectivity index (χ1v) is 19.1. The van der Waals surface area contributed by atoms with Crippen LogP contribution in [0, 0.1) is 0 Å². The van der Waals surface area contributed by atoms with E-state index < -0.39 is 0 Å². The van der Waals surface area contributed by atoms with Crippen LogP contribution in [0.3, 0.4) is 0 Å². The lowest BCUT2D eigenvalue weighted by molar-refractivity contribution is 1.07. The second-order valence-corrected chi connectivity index (χ2v) is 15.1. The fraction of sp³-hybridized carbons (Fsp3) is 0.0200. The van der Waals surface area contributed by atoms with Crippen LogP contribution in [0.5, 0.6) is 0 Å². The minimum Gasteiger partial charge on any atom is -0.208 e. The van der Waals surface area contributed by atoms with E-state index in [-0.39, 0.29) is 0 Å². The standard InChI is InChI=1S/C50H31N3S/c1-2-11-31(12-3-1)48-51-49(53-50(52-48)38-22-23-43-39(27-38)26-34-15-6-7-18-41(34)43)37-17-10-16-35(25-37)40-19-8-9-20-42(40)36-21-24-44-45-28-32-13-4-5-14-33(32)29-47(45)54-46(44)30-36/h1-25,27-30H,26H2. The van der Waals surface area contributed by atoms with E-state index in [1.54, 1.807) is 0 Å². The molecule has 252 valence electrons. The highest BCUT2D eigenvalue weighted by molar-refractivity contribution is 7.25. The summed E-state index contributed by atoms with van der Waals surface area (Å²) in [5, 5.41) is 5.18. The topological polar surface area (TPSA) is 38.7 Å². The lowest BCUT2D eigenvalue weighted by atomic mass is 9.93. The van der Waals surface area contributed by atoms with Crippen LogP contribution >= 0.6 is 11.3 Å². The first kappa shape index (κ1) is 30.8. The number of fused-ring (bicyclic) bond motifs is 7. The maximum atomic E-state index is 5.14. The Morgan fingerprint density at radius 3 is 1.69 bits per heavy atom. The highest BCUT2D eigenvalue weighted by atomic mass is 32.1. The molecule has 1 aliphatic carbocycles. The molecule has 0 radical (unpaired) electrons. The molecule has 0 bridgehead atoms. The predicted molar refractivity (Wildman–Crippen MR) is 226 cm³/mol. The van der Waals surface area contributed by atoms with Crippen molar-refractivity contribution >= 4 is 42.3 Å². The number of hydrogen-bond donors (Lipinski definition) is 0. The SMILES string of the molecule is c1ccc(-c2nc(-c3cccc(-c4ccccc4-c4ccc5c(c4)sc4cc6ccccc6cc45)c3)nc(-c3ccc4c(c3)Cc3ccccc3-4)n2)cc1. The van der Waals surface area contributed by atoms with Gasteiger partial charge in [0.15, 0.2) is 17.5 Å². The van der Waals surface area contributed by atoms with Gasteiger partial charge in [-0.25, -0.2) is 15.0 Å². The highest BCUT2D eigenvalue weighted by Gasteiger charge is 2.20. The minimum absolute atomic E-state index is 0.654. The van der Waals surface area contributed by atoms with Crippen molar-refractivity contribution in [1.82, 2.24) is 15.0 Å². The first-order valence-electron chi connectivity index (χ1n) is 18.3. The van der Waals surface area contributed by atoms with E-state index in [1.807, 2.05) is 29.5 Å². The van der Waals surface area contributed by atoms with Crippen molar-refractivity contribution in [1.29, 1.82) is 0 Å². The van der Waals surface area contributed by atoms with Crippen molar-refractivity contribution in [2.24, 2.45) is 0 Å². The summed E-state index contributed by atoms with van der Waals surface area (Å²) in [6.45, 7) is 0. The van der Waals surface area contributed by atoms with Gasteiger partial charge < -0.3 is 0 Å². The summed E-state index contributed by atoms with van der Waals surface area (Å²) >= 11 is 1.87. The molecule has 11 rings (SSSR count). The zero-order chi connectivity index (χ0) is 35.6. The number of hydrogen-bond acceptors (Lipinski definition) is 4. The fourth-order valence-electron chi connectivity index (χ4n) is 8.08. The second-order valence-electron chi connectivity index (χ2n) is 14.0. The van der Waals surface area contributed by atoms with Gasteiger partial charge >= 0.3 is 0 Å². The molecule has 0 atom stereocenters. The molecular formula is C50H31N3S. The van der Waals surface area contributed by atoms with Crippen molar-refractivity contribution in [2.75, 3.05) is 0 Å². The summed E-state index contributed by atoms with van der Waals surface area (Å²) in [7, 11) is 0. The summed E-state index contributed by atoms with van der Waals surface area (Å²) < 4.78 is 2.61. The van der Waals surface area contributed by atoms with Gasteiger partial charge in [0.05, 0.1) is 0 Å². The molecule has 0 N–H and O–H groups in total. The molecule has 3 nitrogen and oxygen atoms in total. The lowest BCUT2D eigenvalue weighted by Crippen LogP contribution is -2.00. The average molecular weight is 706 g/mol. The van der Waals surface area contributed by atoms with Gasteiger partial charge in [-0.15, -0.1) is 11.3 Å². The summed E-state index contributed by atoms with van der Waals surface area (Å²) in [4.78, 5) is 15.3. The predicted octanol–water partition coefficient (Wildman–Crippen LogP) is 13.3. The molecule has 0 unspecified atom stereocenters. The van der Waals surface area contributed by atoms with Gasteiger partial charge in [-0.2, -0.15) is 0 Å². The van der Waals surface area contributed by atoms with E-state index in [4.69, 9.17) is 15.0 Å². The monoisotopic (exact) mass is 705 g/mol. The highest BCUT2D eigenvalue weighted by Crippen LogP contribution is 2.42. The van der Waals surface area contributed by atoms with Gasteiger partial charge in [-0.05, 0) is 92.0 Å². The summed E-state index contributed by atoms with van der Waals surface area (Å²) in [5.74, 6) is 1.99. The second kappa shape index (κ2) is 12.4. The van der Waals surface area contributed by atoms with Crippen molar-refractivity contribution in [2.45, 2.75) is 6.42 Å². The normalized spacial score (nSPS) is 12.0. The fourth-order valence-corrected chi connectivity index (χ4v) is 9.25. The van der Waals surface area contributed by atoms with Gasteiger partial charge in [0.2, 0.25) is 0 Å². The number of thiophene rings is 1. The molecule has 2 aromatic heterocycles. The molecule has 2 heterocycles. The third-order valence-electron chi connectivity index (χ3n) is 10.7. The maximum Gasteiger partial charge on any atom is 0.164 e. The third kappa shape index (κ3) is 5.22. The average Bonchev–Trinajstić information content (AvgIpc) is 3.80. The Labute approximate surface area is 316 Å². The van der Waals surface area contributed by atoms with Crippen LogP contribution in [-0.2, 0) is 6.42 Å². The molecule has 8 aromatic carbocycles. The molecule has 0 spiro atoms. The van der Waals surface area contributed by atoms with Crippen molar-refractivity contribution in [3.63, 3.8) is 0 Å². The molecule has 0 aliphatic heterocycles. The van der Waals surface area contributed by atoms with Crippen LogP contribution in [0.4, 0.5) is 0 Å². The van der Waals surface area contributed by atoms with Crippen molar-refractivity contribution in [3.8, 4) is 67.5 Å². The van der Waals surface area contributed by atoms with Gasteiger partial charge in [0, 0.05) is 36.9 Å². The van der Waals surface area contributed by atoms with Crippen molar-refractivity contribution in [3.05, 3.63) is 187 Å². The number of rotatable bonds is 5. The van der Waals surface area contributed by atoms with E-state index in [1.165, 1.54) is 69.9 Å². The number of nitrogens with zero attached hydrogens (tertiary/aromatic N) is 3. The molecule has 0 amide bonds. The smallest absolute Gasteiger partial charge is 0.164 e. The Morgan fingerprint density at radius 2 is 0.889 bits per heavy atom. The zero-order valence-electron chi connectivity index (χ0n) is 29.2. The van der Waals surface area contributed by atoms with Crippen LogP contribution < -0.4 is 0 Å². The van der Waals surface area contributed by atoms with Crippen LogP contribution in [0.2, 0.25) is 0 Å². The van der Waals surface area contributed by atoms with Crippen LogP contribution in [0.1, 0.15) is 11.1 Å². The molecule has 0 saturated heterocycles. The minimum atomic E-state index is 0.654. The Balaban J connectivity index is 1.00. The Hall–Kier alpha value is -6.75. The summed E-state index contributed by atoms with van der Waals surface area (Å²) in [5.41, 5.74) is 12.9.